The summed E-state index contributed by atoms with van der Waals surface area (Å²) in [5.74, 6) is -0.496. The van der Waals surface area contributed by atoms with E-state index in [1.807, 2.05) is 25.7 Å². The largest absolute Gasteiger partial charge is 0.469 e. The average Bonchev–Trinajstić information content (AvgIpc) is 2.42. The van der Waals surface area contributed by atoms with Crippen molar-refractivity contribution in [1.29, 1.82) is 5.26 Å². The Kier molecular flexibility index (Phi) is 7.85. The maximum absolute atomic E-state index is 12.0. The summed E-state index contributed by atoms with van der Waals surface area (Å²) < 4.78 is 4.57. The molecule has 0 aliphatic heterocycles. The first-order valence-corrected chi connectivity index (χ1v) is 6.80. The van der Waals surface area contributed by atoms with Gasteiger partial charge in [-0.25, -0.2) is 0 Å². The Morgan fingerprint density at radius 2 is 2.05 bits per heavy atom. The first-order chi connectivity index (χ1) is 9.28. The average molecular weight is 283 g/mol. The Morgan fingerprint density at radius 3 is 2.45 bits per heavy atom. The number of carbonyl (C=O) groups is 2. The van der Waals surface area contributed by atoms with E-state index in [1.165, 1.54) is 7.11 Å². The Morgan fingerprint density at radius 1 is 1.45 bits per heavy atom. The van der Waals surface area contributed by atoms with Gasteiger partial charge in [-0.05, 0) is 19.4 Å². The molecule has 1 amide bonds. The maximum atomic E-state index is 12.0. The van der Waals surface area contributed by atoms with Crippen LogP contribution in [-0.4, -0.2) is 49.1 Å². The Bertz CT molecular complexity index is 376. The summed E-state index contributed by atoms with van der Waals surface area (Å²) in [5, 5.41) is 11.9. The number of rotatable bonds is 8. The fourth-order valence-corrected chi connectivity index (χ4v) is 1.53. The summed E-state index contributed by atoms with van der Waals surface area (Å²) >= 11 is 0. The third kappa shape index (κ3) is 6.02. The molecule has 20 heavy (non-hydrogen) atoms. The van der Waals surface area contributed by atoms with E-state index in [0.29, 0.717) is 13.1 Å². The monoisotopic (exact) mass is 283 g/mol. The quantitative estimate of drug-likeness (QED) is 0.670. The van der Waals surface area contributed by atoms with Crippen molar-refractivity contribution in [1.82, 2.24) is 10.2 Å². The molecule has 1 N–H and O–H groups in total. The smallest absolute Gasteiger partial charge is 0.306 e. The minimum atomic E-state index is -0.876. The molecule has 1 unspecified atom stereocenters. The van der Waals surface area contributed by atoms with Gasteiger partial charge in [0.2, 0.25) is 5.91 Å². The fraction of sp³-hybridized carbons (Fsp3) is 0.786. The molecule has 1 atom stereocenters. The van der Waals surface area contributed by atoms with Gasteiger partial charge >= 0.3 is 5.97 Å². The van der Waals surface area contributed by atoms with Gasteiger partial charge in [-0.3, -0.25) is 14.5 Å². The SMILES string of the molecule is CCN(CCC(=O)OC)CC(=O)NC(C)(C#N)C(C)C. The lowest BCUT2D eigenvalue weighted by Gasteiger charge is -2.29. The highest BCUT2D eigenvalue weighted by molar-refractivity contribution is 5.79. The summed E-state index contributed by atoms with van der Waals surface area (Å²) in [6, 6.07) is 2.13. The second-order valence-corrected chi connectivity index (χ2v) is 5.21. The summed E-state index contributed by atoms with van der Waals surface area (Å²) in [6.45, 7) is 8.67. The number of amides is 1. The highest BCUT2D eigenvalue weighted by Crippen LogP contribution is 2.14. The number of methoxy groups -OCH3 is 1. The van der Waals surface area contributed by atoms with Crippen LogP contribution in [0.2, 0.25) is 0 Å². The van der Waals surface area contributed by atoms with E-state index < -0.39 is 5.54 Å². The van der Waals surface area contributed by atoms with Crippen molar-refractivity contribution in [3.63, 3.8) is 0 Å². The van der Waals surface area contributed by atoms with Crippen LogP contribution in [0.15, 0.2) is 0 Å². The highest BCUT2D eigenvalue weighted by Gasteiger charge is 2.30. The standard InChI is InChI=1S/C14H25N3O3/c1-6-17(8-7-13(19)20-5)9-12(18)16-14(4,10-15)11(2)3/h11H,6-9H2,1-5H3,(H,16,18). The Balaban J connectivity index is 4.42. The van der Waals surface area contributed by atoms with Gasteiger partial charge in [0.15, 0.2) is 0 Å². The minimum Gasteiger partial charge on any atom is -0.469 e. The zero-order chi connectivity index (χ0) is 15.8. The summed E-state index contributed by atoms with van der Waals surface area (Å²) in [6.07, 6.45) is 0.247. The van der Waals surface area contributed by atoms with Crippen LogP contribution in [0.3, 0.4) is 0 Å². The Labute approximate surface area is 121 Å². The molecule has 0 fully saturated rings. The molecule has 0 aromatic rings. The van der Waals surface area contributed by atoms with Crippen LogP contribution in [0.5, 0.6) is 0 Å². The summed E-state index contributed by atoms with van der Waals surface area (Å²) in [7, 11) is 1.34. The number of esters is 1. The maximum Gasteiger partial charge on any atom is 0.306 e. The molecule has 6 nitrogen and oxygen atoms in total. The van der Waals surface area contributed by atoms with Gasteiger partial charge in [0.1, 0.15) is 5.54 Å². The van der Waals surface area contributed by atoms with Gasteiger partial charge in [0.25, 0.3) is 0 Å². The third-order valence-corrected chi connectivity index (χ3v) is 3.46. The Hall–Kier alpha value is -1.61. The molecule has 0 spiro atoms. The van der Waals surface area contributed by atoms with E-state index in [0.717, 1.165) is 0 Å². The second-order valence-electron chi connectivity index (χ2n) is 5.21. The lowest BCUT2D eigenvalue weighted by molar-refractivity contribution is -0.141. The van der Waals surface area contributed by atoms with Crippen LogP contribution in [-0.2, 0) is 14.3 Å². The normalized spacial score (nSPS) is 13.7. The van der Waals surface area contributed by atoms with Gasteiger partial charge in [0.05, 0.1) is 26.1 Å². The molecular weight excluding hydrogens is 258 g/mol. The molecule has 114 valence electrons. The van der Waals surface area contributed by atoms with Crippen molar-refractivity contribution in [3.8, 4) is 6.07 Å². The van der Waals surface area contributed by atoms with Crippen molar-refractivity contribution in [2.75, 3.05) is 26.7 Å². The molecule has 0 bridgehead atoms. The van der Waals surface area contributed by atoms with Gasteiger partial charge < -0.3 is 10.1 Å². The lowest BCUT2D eigenvalue weighted by Crippen LogP contribution is -2.52. The number of nitriles is 1. The van der Waals surface area contributed by atoms with Crippen molar-refractivity contribution in [2.24, 2.45) is 5.92 Å². The van der Waals surface area contributed by atoms with Crippen molar-refractivity contribution in [3.05, 3.63) is 0 Å². The molecule has 0 heterocycles. The van der Waals surface area contributed by atoms with E-state index >= 15 is 0 Å². The zero-order valence-electron chi connectivity index (χ0n) is 13.0. The van der Waals surface area contributed by atoms with Crippen molar-refractivity contribution < 1.29 is 14.3 Å². The van der Waals surface area contributed by atoms with Crippen LogP contribution in [0.4, 0.5) is 0 Å². The van der Waals surface area contributed by atoms with E-state index in [1.54, 1.807) is 6.92 Å². The van der Waals surface area contributed by atoms with Crippen LogP contribution in [0, 0.1) is 17.2 Å². The molecule has 0 rings (SSSR count). The minimum absolute atomic E-state index is 0.0154. The summed E-state index contributed by atoms with van der Waals surface area (Å²) in [5.41, 5.74) is -0.876. The molecule has 0 aliphatic rings. The number of carbonyl (C=O) groups excluding carboxylic acids is 2. The van der Waals surface area contributed by atoms with Crippen LogP contribution in [0.25, 0.3) is 0 Å². The third-order valence-electron chi connectivity index (χ3n) is 3.46. The number of nitrogens with one attached hydrogen (secondary N) is 1. The van der Waals surface area contributed by atoms with E-state index in [2.05, 4.69) is 16.1 Å². The predicted molar refractivity (Wildman–Crippen MR) is 75.7 cm³/mol. The summed E-state index contributed by atoms with van der Waals surface area (Å²) in [4.78, 5) is 24.9. The first kappa shape index (κ1) is 18.4. The van der Waals surface area contributed by atoms with Gasteiger partial charge in [-0.15, -0.1) is 0 Å². The van der Waals surface area contributed by atoms with E-state index in [-0.39, 0.29) is 30.8 Å². The first-order valence-electron chi connectivity index (χ1n) is 6.80. The molecule has 0 aromatic carbocycles. The van der Waals surface area contributed by atoms with Crippen LogP contribution in [0.1, 0.15) is 34.1 Å². The number of nitrogens with zero attached hydrogens (tertiary/aromatic N) is 2. The van der Waals surface area contributed by atoms with Crippen molar-refractivity contribution in [2.45, 2.75) is 39.7 Å². The molecule has 0 aromatic heterocycles. The highest BCUT2D eigenvalue weighted by atomic mass is 16.5. The number of ether oxygens (including phenoxy) is 1. The van der Waals surface area contributed by atoms with Gasteiger partial charge in [-0.1, -0.05) is 20.8 Å². The van der Waals surface area contributed by atoms with Gasteiger partial charge in [0, 0.05) is 6.54 Å². The second kappa shape index (κ2) is 8.54. The molecule has 0 radical (unpaired) electrons. The zero-order valence-corrected chi connectivity index (χ0v) is 13.0. The van der Waals surface area contributed by atoms with E-state index in [4.69, 9.17) is 5.26 Å². The fourth-order valence-electron chi connectivity index (χ4n) is 1.53. The van der Waals surface area contributed by atoms with Crippen LogP contribution < -0.4 is 5.32 Å². The molecule has 0 saturated carbocycles. The topological polar surface area (TPSA) is 82.4 Å². The number of likely N-dealkylation sites (N-methyl/N-ethyl adjacent to an activating group) is 1. The molecule has 0 saturated heterocycles. The molecule has 6 heteroatoms. The number of hydrogen-bond donors (Lipinski definition) is 1. The number of hydrogen-bond acceptors (Lipinski definition) is 5. The van der Waals surface area contributed by atoms with Gasteiger partial charge in [-0.2, -0.15) is 5.26 Å². The van der Waals surface area contributed by atoms with Crippen molar-refractivity contribution >= 4 is 11.9 Å². The predicted octanol–water partition coefficient (Wildman–Crippen LogP) is 0.926. The molecule has 0 aliphatic carbocycles. The lowest BCUT2D eigenvalue weighted by atomic mass is 9.90. The molecular formula is C14H25N3O3. The van der Waals surface area contributed by atoms with E-state index in [9.17, 15) is 9.59 Å². The van der Waals surface area contributed by atoms with Crippen LogP contribution >= 0.6 is 0 Å².